The zero-order valence-corrected chi connectivity index (χ0v) is 12.5. The van der Waals surface area contributed by atoms with Crippen molar-refractivity contribution in [2.45, 2.75) is 32.4 Å². The van der Waals surface area contributed by atoms with E-state index in [0.717, 1.165) is 0 Å². The molecule has 1 aromatic rings. The maximum absolute atomic E-state index is 12.0. The van der Waals surface area contributed by atoms with Gasteiger partial charge in [0, 0.05) is 12.1 Å². The van der Waals surface area contributed by atoms with Gasteiger partial charge in [0.15, 0.2) is 5.92 Å². The van der Waals surface area contributed by atoms with Crippen LogP contribution in [0.25, 0.3) is 0 Å². The fourth-order valence-corrected chi connectivity index (χ4v) is 1.78. The Morgan fingerprint density at radius 2 is 1.77 bits per heavy atom. The summed E-state index contributed by atoms with van der Waals surface area (Å²) in [5, 5.41) is 19.8. The predicted octanol–water partition coefficient (Wildman–Crippen LogP) is 1.64. The second kappa shape index (κ2) is 6.52. The van der Waals surface area contributed by atoms with Crippen molar-refractivity contribution in [1.29, 1.82) is 0 Å². The lowest BCUT2D eigenvalue weighted by molar-refractivity contribution is -0.384. The number of carboxylic acids is 1. The summed E-state index contributed by atoms with van der Waals surface area (Å²) >= 11 is 0. The maximum atomic E-state index is 12.0. The molecule has 0 aliphatic carbocycles. The minimum absolute atomic E-state index is 0.153. The molecule has 0 aliphatic heterocycles. The predicted molar refractivity (Wildman–Crippen MR) is 77.0 cm³/mol. The quantitative estimate of drug-likeness (QED) is 0.365. The first-order valence-electron chi connectivity index (χ1n) is 6.48. The van der Waals surface area contributed by atoms with E-state index < -0.39 is 34.4 Å². The van der Waals surface area contributed by atoms with Gasteiger partial charge in [-0.25, -0.2) is 0 Å². The zero-order chi connectivity index (χ0) is 17.1. The number of carbonyl (C=O) groups excluding carboxylic acids is 1. The fourth-order valence-electron chi connectivity index (χ4n) is 1.78. The Bertz CT molecular complexity index is 576. The number of nitrogens with zero attached hydrogens (tertiary/aromatic N) is 1. The Kier molecular flexibility index (Phi) is 5.21. The molecular formula is C14H18N2O6. The summed E-state index contributed by atoms with van der Waals surface area (Å²) in [6.07, 6.45) is 0. The fraction of sp³-hybridized carbons (Fsp3) is 0.429. The van der Waals surface area contributed by atoms with Gasteiger partial charge in [-0.2, -0.15) is 0 Å². The first-order chi connectivity index (χ1) is 10.0. The lowest BCUT2D eigenvalue weighted by atomic mass is 9.93. The largest absolute Gasteiger partial charge is 0.481 e. The van der Waals surface area contributed by atoms with E-state index in [1.54, 1.807) is 20.8 Å². The standard InChI is InChI=1S/C14H18N2O6/c1-14(2,3)22-13(19)10(12(17)18)11(15)8-4-6-9(7-5-8)16(20)21/h4-7,10-11H,15H2,1-3H3,(H,17,18)/t10-,11?/m0/s1. The lowest BCUT2D eigenvalue weighted by Crippen LogP contribution is -2.39. The van der Waals surface area contributed by atoms with Crippen molar-refractivity contribution < 1.29 is 24.4 Å². The van der Waals surface area contributed by atoms with E-state index in [0.29, 0.717) is 5.56 Å². The number of carbonyl (C=O) groups is 2. The molecule has 0 saturated carbocycles. The van der Waals surface area contributed by atoms with E-state index in [2.05, 4.69) is 0 Å². The molecular weight excluding hydrogens is 292 g/mol. The first kappa shape index (κ1) is 17.6. The van der Waals surface area contributed by atoms with Crippen LogP contribution in [0.1, 0.15) is 32.4 Å². The van der Waals surface area contributed by atoms with Gasteiger partial charge >= 0.3 is 11.9 Å². The molecule has 0 fully saturated rings. The van der Waals surface area contributed by atoms with Gasteiger partial charge in [0.25, 0.3) is 5.69 Å². The Labute approximate surface area is 127 Å². The van der Waals surface area contributed by atoms with Crippen LogP contribution < -0.4 is 5.73 Å². The van der Waals surface area contributed by atoms with Crippen LogP contribution >= 0.6 is 0 Å². The molecule has 3 N–H and O–H groups in total. The van der Waals surface area contributed by atoms with E-state index in [1.807, 2.05) is 0 Å². The molecule has 0 heterocycles. The van der Waals surface area contributed by atoms with E-state index in [-0.39, 0.29) is 5.69 Å². The minimum Gasteiger partial charge on any atom is -0.481 e. The summed E-state index contributed by atoms with van der Waals surface area (Å²) in [4.78, 5) is 33.3. The smallest absolute Gasteiger partial charge is 0.322 e. The van der Waals surface area contributed by atoms with E-state index in [9.17, 15) is 24.8 Å². The topological polar surface area (TPSA) is 133 Å². The van der Waals surface area contributed by atoms with Crippen LogP contribution in [0.15, 0.2) is 24.3 Å². The summed E-state index contributed by atoms with van der Waals surface area (Å²) in [5.41, 5.74) is 5.13. The number of hydrogen-bond donors (Lipinski definition) is 2. The Balaban J connectivity index is 3.03. The average molecular weight is 310 g/mol. The second-order valence-corrected chi connectivity index (χ2v) is 5.72. The van der Waals surface area contributed by atoms with E-state index in [1.165, 1.54) is 24.3 Å². The van der Waals surface area contributed by atoms with Crippen LogP contribution in [-0.4, -0.2) is 27.6 Å². The third-order valence-electron chi connectivity index (χ3n) is 2.77. The van der Waals surface area contributed by atoms with Crippen molar-refractivity contribution in [1.82, 2.24) is 0 Å². The molecule has 0 aliphatic rings. The third kappa shape index (κ3) is 4.52. The molecule has 0 aromatic heterocycles. The number of carboxylic acid groups (broad SMARTS) is 1. The van der Waals surface area contributed by atoms with Crippen molar-refractivity contribution >= 4 is 17.6 Å². The van der Waals surface area contributed by atoms with Crippen molar-refractivity contribution in [3.8, 4) is 0 Å². The number of hydrogen-bond acceptors (Lipinski definition) is 6. The van der Waals surface area contributed by atoms with Gasteiger partial charge in [0.1, 0.15) is 5.60 Å². The van der Waals surface area contributed by atoms with Crippen LogP contribution in [0.2, 0.25) is 0 Å². The van der Waals surface area contributed by atoms with Crippen molar-refractivity contribution in [2.75, 3.05) is 0 Å². The third-order valence-corrected chi connectivity index (χ3v) is 2.77. The van der Waals surface area contributed by atoms with Crippen molar-refractivity contribution in [3.63, 3.8) is 0 Å². The molecule has 0 bridgehead atoms. The molecule has 0 saturated heterocycles. The Morgan fingerprint density at radius 1 is 1.27 bits per heavy atom. The van der Waals surface area contributed by atoms with Crippen LogP contribution in [0, 0.1) is 16.0 Å². The highest BCUT2D eigenvalue weighted by Crippen LogP contribution is 2.25. The number of aliphatic carboxylic acids is 1. The number of benzene rings is 1. The van der Waals surface area contributed by atoms with Gasteiger partial charge in [0.2, 0.25) is 0 Å². The van der Waals surface area contributed by atoms with E-state index >= 15 is 0 Å². The van der Waals surface area contributed by atoms with Crippen LogP contribution in [0.5, 0.6) is 0 Å². The summed E-state index contributed by atoms with van der Waals surface area (Å²) in [6.45, 7) is 4.84. The number of nitro benzene ring substituents is 1. The summed E-state index contributed by atoms with van der Waals surface area (Å²) in [7, 11) is 0. The van der Waals surface area contributed by atoms with Crippen molar-refractivity contribution in [2.24, 2.45) is 11.7 Å². The molecule has 1 aromatic carbocycles. The number of nitro groups is 1. The molecule has 0 spiro atoms. The number of ether oxygens (including phenoxy) is 1. The molecule has 120 valence electrons. The van der Waals surface area contributed by atoms with Crippen LogP contribution in [0.3, 0.4) is 0 Å². The molecule has 1 rings (SSSR count). The maximum Gasteiger partial charge on any atom is 0.322 e. The van der Waals surface area contributed by atoms with E-state index in [4.69, 9.17) is 10.5 Å². The normalized spacial score (nSPS) is 14.0. The lowest BCUT2D eigenvalue weighted by Gasteiger charge is -2.25. The highest BCUT2D eigenvalue weighted by Gasteiger charge is 2.37. The number of rotatable bonds is 5. The molecule has 22 heavy (non-hydrogen) atoms. The SMILES string of the molecule is CC(C)(C)OC(=O)[C@H](C(=O)O)C(N)c1ccc([N+](=O)[O-])cc1. The monoisotopic (exact) mass is 310 g/mol. The Morgan fingerprint density at radius 3 is 2.14 bits per heavy atom. The van der Waals surface area contributed by atoms with Crippen molar-refractivity contribution in [3.05, 3.63) is 39.9 Å². The molecule has 0 radical (unpaired) electrons. The van der Waals surface area contributed by atoms with Crippen LogP contribution in [0.4, 0.5) is 5.69 Å². The second-order valence-electron chi connectivity index (χ2n) is 5.72. The molecule has 0 amide bonds. The minimum atomic E-state index is -1.60. The average Bonchev–Trinajstić information content (AvgIpc) is 2.36. The van der Waals surface area contributed by atoms with Gasteiger partial charge in [0.05, 0.1) is 11.0 Å². The highest BCUT2D eigenvalue weighted by molar-refractivity contribution is 5.95. The summed E-state index contributed by atoms with van der Waals surface area (Å²) in [6, 6.07) is 3.87. The number of non-ortho nitro benzene ring substituents is 1. The number of esters is 1. The van der Waals surface area contributed by atoms with Gasteiger partial charge in [-0.3, -0.25) is 19.7 Å². The molecule has 2 atom stereocenters. The molecule has 1 unspecified atom stereocenters. The summed E-state index contributed by atoms with van der Waals surface area (Å²) < 4.78 is 5.06. The van der Waals surface area contributed by atoms with Gasteiger partial charge in [-0.05, 0) is 26.3 Å². The summed E-state index contributed by atoms with van der Waals surface area (Å²) in [5.74, 6) is -3.97. The van der Waals surface area contributed by atoms with Crippen LogP contribution in [-0.2, 0) is 14.3 Å². The van der Waals surface area contributed by atoms with Gasteiger partial charge in [-0.1, -0.05) is 12.1 Å². The first-order valence-corrected chi connectivity index (χ1v) is 6.48. The highest BCUT2D eigenvalue weighted by atomic mass is 16.6. The van der Waals surface area contributed by atoms with Gasteiger partial charge in [-0.15, -0.1) is 0 Å². The Hall–Kier alpha value is -2.48. The molecule has 8 heteroatoms. The zero-order valence-electron chi connectivity index (χ0n) is 12.5. The molecule has 8 nitrogen and oxygen atoms in total. The number of nitrogens with two attached hydrogens (primary N) is 1. The van der Waals surface area contributed by atoms with Gasteiger partial charge < -0.3 is 15.6 Å².